The third-order valence-corrected chi connectivity index (χ3v) is 5.86. The lowest BCUT2D eigenvalue weighted by Crippen LogP contribution is -2.46. The molecule has 1 fully saturated rings. The first-order chi connectivity index (χ1) is 15.3. The van der Waals surface area contributed by atoms with Gasteiger partial charge in [0, 0.05) is 39.1 Å². The predicted molar refractivity (Wildman–Crippen MR) is 119 cm³/mol. The van der Waals surface area contributed by atoms with Crippen molar-refractivity contribution in [2.24, 2.45) is 4.99 Å². The molecule has 9 heteroatoms. The first-order valence-corrected chi connectivity index (χ1v) is 11.2. The van der Waals surface area contributed by atoms with Crippen molar-refractivity contribution >= 4 is 5.96 Å². The highest BCUT2D eigenvalue weighted by Gasteiger charge is 2.23. The van der Waals surface area contributed by atoms with E-state index in [1.807, 2.05) is 12.1 Å². The first kappa shape index (κ1) is 21.6. The molecule has 3 heterocycles. The minimum absolute atomic E-state index is 0.219. The molecule has 0 saturated carbocycles. The van der Waals surface area contributed by atoms with Crippen LogP contribution in [-0.2, 0) is 24.2 Å². The second kappa shape index (κ2) is 10.6. The Morgan fingerprint density at radius 3 is 2.71 bits per heavy atom. The third kappa shape index (κ3) is 5.34. The van der Waals surface area contributed by atoms with Crippen LogP contribution in [0.4, 0.5) is 0 Å². The zero-order valence-corrected chi connectivity index (χ0v) is 18.5. The number of morpholine rings is 1. The number of nitrogens with one attached hydrogen (secondary N) is 2. The number of ether oxygens (including phenoxy) is 2. The molecular formula is C22H33N7O2. The summed E-state index contributed by atoms with van der Waals surface area (Å²) in [6, 6.07) is 8.55. The Labute approximate surface area is 183 Å². The largest absolute Gasteiger partial charge is 0.497 e. The molecule has 1 aromatic carbocycles. The maximum absolute atomic E-state index is 5.57. The summed E-state index contributed by atoms with van der Waals surface area (Å²) in [5, 5.41) is 15.5. The smallest absolute Gasteiger partial charge is 0.191 e. The van der Waals surface area contributed by atoms with Crippen molar-refractivity contribution < 1.29 is 9.47 Å². The minimum atomic E-state index is 0.219. The molecule has 1 saturated heterocycles. The summed E-state index contributed by atoms with van der Waals surface area (Å²) in [5.41, 5.74) is 1.25. The van der Waals surface area contributed by atoms with Gasteiger partial charge in [-0.05, 0) is 31.0 Å². The van der Waals surface area contributed by atoms with Crippen LogP contribution in [0.2, 0.25) is 0 Å². The number of aliphatic imine (C=N–C) groups is 1. The van der Waals surface area contributed by atoms with Gasteiger partial charge >= 0.3 is 0 Å². The van der Waals surface area contributed by atoms with E-state index in [1.165, 1.54) is 5.56 Å². The van der Waals surface area contributed by atoms with Crippen molar-refractivity contribution in [1.82, 2.24) is 30.3 Å². The topological polar surface area (TPSA) is 88.8 Å². The van der Waals surface area contributed by atoms with E-state index in [9.17, 15) is 0 Å². The molecule has 31 heavy (non-hydrogen) atoms. The zero-order valence-electron chi connectivity index (χ0n) is 18.5. The van der Waals surface area contributed by atoms with Crippen LogP contribution in [0.15, 0.2) is 29.3 Å². The molecule has 2 aliphatic rings. The second-order valence-electron chi connectivity index (χ2n) is 7.80. The van der Waals surface area contributed by atoms with Crippen LogP contribution >= 0.6 is 0 Å². The number of aryl methyl sites for hydroxylation is 1. The second-order valence-corrected chi connectivity index (χ2v) is 7.80. The lowest BCUT2D eigenvalue weighted by Gasteiger charge is -2.35. The fourth-order valence-corrected chi connectivity index (χ4v) is 4.19. The van der Waals surface area contributed by atoms with Crippen LogP contribution in [0, 0.1) is 0 Å². The van der Waals surface area contributed by atoms with E-state index in [1.54, 1.807) is 7.11 Å². The molecule has 2 N–H and O–H groups in total. The van der Waals surface area contributed by atoms with Gasteiger partial charge in [-0.3, -0.25) is 4.90 Å². The van der Waals surface area contributed by atoms with Gasteiger partial charge in [-0.15, -0.1) is 10.2 Å². The summed E-state index contributed by atoms with van der Waals surface area (Å²) in [6.45, 7) is 8.49. The number of fused-ring (bicyclic) bond motifs is 1. The number of rotatable bonds is 8. The number of benzene rings is 1. The van der Waals surface area contributed by atoms with Crippen molar-refractivity contribution in [1.29, 1.82) is 0 Å². The molecule has 0 radical (unpaired) electrons. The van der Waals surface area contributed by atoms with Crippen LogP contribution in [0.5, 0.6) is 5.75 Å². The first-order valence-electron chi connectivity index (χ1n) is 11.2. The lowest BCUT2D eigenvalue weighted by atomic mass is 10.0. The maximum Gasteiger partial charge on any atom is 0.191 e. The molecule has 0 aliphatic carbocycles. The van der Waals surface area contributed by atoms with Gasteiger partial charge in [-0.2, -0.15) is 0 Å². The summed E-state index contributed by atoms with van der Waals surface area (Å²) in [7, 11) is 1.69. The quantitative estimate of drug-likeness (QED) is 0.486. The number of methoxy groups -OCH3 is 1. The predicted octanol–water partition coefficient (Wildman–Crippen LogP) is 1.36. The zero-order chi connectivity index (χ0) is 21.5. The fraction of sp³-hybridized carbons (Fsp3) is 0.591. The molecule has 0 amide bonds. The van der Waals surface area contributed by atoms with Crippen LogP contribution in [-0.4, -0.2) is 72.1 Å². The highest BCUT2D eigenvalue weighted by molar-refractivity contribution is 5.79. The van der Waals surface area contributed by atoms with Crippen LogP contribution in [0.25, 0.3) is 0 Å². The van der Waals surface area contributed by atoms with E-state index < -0.39 is 0 Å². The molecule has 2 aliphatic heterocycles. The number of nitrogens with zero attached hydrogens (tertiary/aromatic N) is 5. The van der Waals surface area contributed by atoms with Crippen LogP contribution < -0.4 is 15.4 Å². The molecular weight excluding hydrogens is 394 g/mol. The SMILES string of the molecule is CCNC(=NCc1nnc2n1CCC2)NCC(c1ccc(OC)cc1)N1CCOCC1. The molecule has 2 aromatic rings. The van der Waals surface area contributed by atoms with E-state index in [2.05, 4.69) is 49.4 Å². The fourth-order valence-electron chi connectivity index (χ4n) is 4.19. The lowest BCUT2D eigenvalue weighted by molar-refractivity contribution is 0.0170. The summed E-state index contributed by atoms with van der Waals surface area (Å²) < 4.78 is 13.1. The van der Waals surface area contributed by atoms with Crippen molar-refractivity contribution in [2.75, 3.05) is 46.5 Å². The molecule has 1 unspecified atom stereocenters. The van der Waals surface area contributed by atoms with Gasteiger partial charge < -0.3 is 24.7 Å². The van der Waals surface area contributed by atoms with Gasteiger partial charge in [0.15, 0.2) is 11.8 Å². The van der Waals surface area contributed by atoms with Gasteiger partial charge in [0.1, 0.15) is 18.1 Å². The standard InChI is InChI=1S/C22H33N7O2/c1-3-23-22(25-16-21-27-26-20-5-4-10-29(20)21)24-15-19(28-11-13-31-14-12-28)17-6-8-18(30-2)9-7-17/h6-9,19H,3-5,10-16H2,1-2H3,(H2,23,24,25). The summed E-state index contributed by atoms with van der Waals surface area (Å²) in [4.78, 5) is 7.25. The van der Waals surface area contributed by atoms with Gasteiger partial charge in [0.05, 0.1) is 26.4 Å². The number of aromatic nitrogens is 3. The Morgan fingerprint density at radius 1 is 1.16 bits per heavy atom. The Hall–Kier alpha value is -2.65. The molecule has 9 nitrogen and oxygen atoms in total. The van der Waals surface area contributed by atoms with E-state index >= 15 is 0 Å². The molecule has 1 atom stereocenters. The van der Waals surface area contributed by atoms with Crippen molar-refractivity contribution in [3.05, 3.63) is 41.5 Å². The van der Waals surface area contributed by atoms with E-state index in [0.29, 0.717) is 6.54 Å². The van der Waals surface area contributed by atoms with E-state index in [4.69, 9.17) is 14.5 Å². The number of hydrogen-bond acceptors (Lipinski definition) is 6. The number of guanidine groups is 1. The van der Waals surface area contributed by atoms with E-state index in [0.717, 1.165) is 82.1 Å². The molecule has 1 aromatic heterocycles. The minimum Gasteiger partial charge on any atom is -0.497 e. The Kier molecular flexibility index (Phi) is 7.37. The average Bonchev–Trinajstić information content (AvgIpc) is 3.43. The van der Waals surface area contributed by atoms with Gasteiger partial charge in [-0.25, -0.2) is 4.99 Å². The van der Waals surface area contributed by atoms with Gasteiger partial charge in [0.25, 0.3) is 0 Å². The normalized spacial score (nSPS) is 17.9. The Balaban J connectivity index is 1.45. The summed E-state index contributed by atoms with van der Waals surface area (Å²) in [6.07, 6.45) is 2.15. The molecule has 4 rings (SSSR count). The highest BCUT2D eigenvalue weighted by atomic mass is 16.5. The Bertz CT molecular complexity index is 859. The molecule has 168 valence electrons. The molecule has 0 spiro atoms. The monoisotopic (exact) mass is 427 g/mol. The van der Waals surface area contributed by atoms with Gasteiger partial charge in [-0.1, -0.05) is 12.1 Å². The average molecular weight is 428 g/mol. The van der Waals surface area contributed by atoms with Crippen molar-refractivity contribution in [3.63, 3.8) is 0 Å². The number of hydrogen-bond donors (Lipinski definition) is 2. The van der Waals surface area contributed by atoms with Crippen LogP contribution in [0.3, 0.4) is 0 Å². The van der Waals surface area contributed by atoms with Gasteiger partial charge in [0.2, 0.25) is 0 Å². The van der Waals surface area contributed by atoms with Crippen molar-refractivity contribution in [2.45, 2.75) is 38.9 Å². The summed E-state index contributed by atoms with van der Waals surface area (Å²) >= 11 is 0. The molecule has 0 bridgehead atoms. The summed E-state index contributed by atoms with van der Waals surface area (Å²) in [5.74, 6) is 3.68. The Morgan fingerprint density at radius 2 is 1.97 bits per heavy atom. The van der Waals surface area contributed by atoms with E-state index in [-0.39, 0.29) is 6.04 Å². The van der Waals surface area contributed by atoms with Crippen LogP contribution in [0.1, 0.15) is 36.6 Å². The van der Waals surface area contributed by atoms with Crippen molar-refractivity contribution in [3.8, 4) is 5.75 Å². The third-order valence-electron chi connectivity index (χ3n) is 5.86. The maximum atomic E-state index is 5.57. The highest BCUT2D eigenvalue weighted by Crippen LogP contribution is 2.23.